The van der Waals surface area contributed by atoms with E-state index in [4.69, 9.17) is 0 Å². The Bertz CT molecular complexity index is 678. The lowest BCUT2D eigenvalue weighted by atomic mass is 10.1. The first kappa shape index (κ1) is 40.7. The summed E-state index contributed by atoms with van der Waals surface area (Å²) in [7, 11) is 0. The average molecular weight is 608 g/mol. The molecule has 0 saturated heterocycles. The lowest BCUT2D eigenvalue weighted by Crippen LogP contribution is -2.25. The van der Waals surface area contributed by atoms with Crippen LogP contribution in [0.2, 0.25) is 0 Å². The van der Waals surface area contributed by atoms with Crippen LogP contribution in [0.1, 0.15) is 199 Å². The van der Waals surface area contributed by atoms with Crippen LogP contribution in [0.5, 0.6) is 0 Å². The summed E-state index contributed by atoms with van der Waals surface area (Å²) in [5.41, 5.74) is 1.47. The maximum absolute atomic E-state index is 2.73. The molecule has 0 amide bonds. The Morgan fingerprint density at radius 3 is 1.07 bits per heavy atom. The van der Waals surface area contributed by atoms with Gasteiger partial charge in [0.05, 0.1) is 0 Å². The van der Waals surface area contributed by atoms with Crippen molar-refractivity contribution < 1.29 is 0 Å². The maximum Gasteiger partial charge on any atom is 0.0233 e. The molecule has 1 aromatic rings. The summed E-state index contributed by atoms with van der Waals surface area (Å²) < 4.78 is 0. The van der Waals surface area contributed by atoms with Crippen molar-refractivity contribution in [3.63, 3.8) is 0 Å². The summed E-state index contributed by atoms with van der Waals surface area (Å²) in [4.78, 5) is 2.73. The van der Waals surface area contributed by atoms with Crippen molar-refractivity contribution in [3.05, 3.63) is 60.2 Å². The van der Waals surface area contributed by atoms with Crippen LogP contribution in [0.3, 0.4) is 0 Å². The summed E-state index contributed by atoms with van der Waals surface area (Å²) in [5, 5.41) is 0. The predicted molar refractivity (Wildman–Crippen MR) is 201 cm³/mol. The standard InChI is InChI=1S/C43H77N/c1-3-5-7-9-11-13-15-17-19-21-23-25-27-29-31-36-40-44(42-43-38-34-33-35-39-43)41-37-32-30-28-26-24-22-20-18-16-14-12-10-8-6-4-2/h17-20,33-35,38-39H,3-16,21-32,36-37,40-42H2,1-2H3. The number of unbranched alkanes of at least 4 members (excludes halogenated alkanes) is 24. The van der Waals surface area contributed by atoms with E-state index in [9.17, 15) is 0 Å². The highest BCUT2D eigenvalue weighted by atomic mass is 15.1. The van der Waals surface area contributed by atoms with E-state index in [-0.39, 0.29) is 0 Å². The van der Waals surface area contributed by atoms with Crippen LogP contribution in [0, 0.1) is 0 Å². The first-order chi connectivity index (χ1) is 21.9. The molecule has 1 nitrogen and oxygen atoms in total. The fourth-order valence-electron chi connectivity index (χ4n) is 6.28. The molecule has 0 aliphatic rings. The van der Waals surface area contributed by atoms with Crippen molar-refractivity contribution in [3.8, 4) is 0 Å². The molecule has 1 heteroatoms. The molecule has 0 aromatic heterocycles. The number of hydrogen-bond donors (Lipinski definition) is 0. The van der Waals surface area contributed by atoms with Crippen LogP contribution in [0.25, 0.3) is 0 Å². The van der Waals surface area contributed by atoms with Gasteiger partial charge >= 0.3 is 0 Å². The minimum atomic E-state index is 1.12. The van der Waals surface area contributed by atoms with Crippen LogP contribution in [0.15, 0.2) is 54.6 Å². The van der Waals surface area contributed by atoms with Gasteiger partial charge in [0, 0.05) is 6.54 Å². The van der Waals surface area contributed by atoms with E-state index < -0.39 is 0 Å². The van der Waals surface area contributed by atoms with Crippen LogP contribution < -0.4 is 0 Å². The van der Waals surface area contributed by atoms with Gasteiger partial charge < -0.3 is 0 Å². The van der Waals surface area contributed by atoms with E-state index >= 15 is 0 Å². The molecule has 1 rings (SSSR count). The third-order valence-electron chi connectivity index (χ3n) is 9.22. The average Bonchev–Trinajstić information content (AvgIpc) is 3.04. The molecule has 0 aliphatic carbocycles. The van der Waals surface area contributed by atoms with Crippen LogP contribution in [-0.2, 0) is 6.54 Å². The number of benzene rings is 1. The van der Waals surface area contributed by atoms with E-state index in [0.29, 0.717) is 0 Å². The molecule has 0 aliphatic heterocycles. The molecule has 0 bridgehead atoms. The highest BCUT2D eigenvalue weighted by Crippen LogP contribution is 2.14. The highest BCUT2D eigenvalue weighted by Gasteiger charge is 2.06. The monoisotopic (exact) mass is 608 g/mol. The predicted octanol–water partition coefficient (Wildman–Crippen LogP) is 14.6. The Hall–Kier alpha value is -1.34. The summed E-state index contributed by atoms with van der Waals surface area (Å²) in [6.45, 7) is 8.25. The first-order valence-corrected chi connectivity index (χ1v) is 19.9. The van der Waals surface area contributed by atoms with Gasteiger partial charge in [-0.05, 0) is 82.9 Å². The maximum atomic E-state index is 2.73. The van der Waals surface area contributed by atoms with Crippen molar-refractivity contribution in [1.29, 1.82) is 0 Å². The van der Waals surface area contributed by atoms with Gasteiger partial charge in [-0.15, -0.1) is 0 Å². The summed E-state index contributed by atoms with van der Waals surface area (Å²) in [5.74, 6) is 0. The second-order valence-electron chi connectivity index (χ2n) is 13.6. The number of hydrogen-bond acceptors (Lipinski definition) is 1. The quantitative estimate of drug-likeness (QED) is 0.0556. The van der Waals surface area contributed by atoms with Crippen LogP contribution in [-0.4, -0.2) is 18.0 Å². The molecule has 0 saturated carbocycles. The van der Waals surface area contributed by atoms with Gasteiger partial charge in [-0.1, -0.05) is 184 Å². The first-order valence-electron chi connectivity index (χ1n) is 19.9. The second-order valence-corrected chi connectivity index (χ2v) is 13.6. The molecule has 44 heavy (non-hydrogen) atoms. The van der Waals surface area contributed by atoms with Gasteiger partial charge in [-0.2, -0.15) is 0 Å². The third kappa shape index (κ3) is 29.4. The van der Waals surface area contributed by atoms with E-state index in [2.05, 4.69) is 73.4 Å². The lowest BCUT2D eigenvalue weighted by molar-refractivity contribution is 0.252. The minimum absolute atomic E-state index is 1.12. The summed E-state index contributed by atoms with van der Waals surface area (Å²) in [6.07, 6.45) is 48.6. The molecule has 0 N–H and O–H groups in total. The topological polar surface area (TPSA) is 3.24 Å². The molecular weight excluding hydrogens is 530 g/mol. The Balaban J connectivity index is 2.03. The number of allylic oxidation sites excluding steroid dienone is 4. The minimum Gasteiger partial charge on any atom is -0.299 e. The fourth-order valence-corrected chi connectivity index (χ4v) is 6.28. The van der Waals surface area contributed by atoms with Crippen LogP contribution >= 0.6 is 0 Å². The third-order valence-corrected chi connectivity index (χ3v) is 9.22. The van der Waals surface area contributed by atoms with E-state index in [0.717, 1.165) is 6.54 Å². The van der Waals surface area contributed by atoms with E-state index in [1.54, 1.807) is 0 Å². The molecule has 0 radical (unpaired) electrons. The second kappa shape index (κ2) is 34.5. The Labute approximate surface area is 277 Å². The molecule has 0 heterocycles. The fraction of sp³-hybridized carbons (Fsp3) is 0.767. The van der Waals surface area contributed by atoms with Crippen molar-refractivity contribution in [2.75, 3.05) is 13.1 Å². The SMILES string of the molecule is CCCCCCCCC=CCCCCCCCCN(CCCCCCCCC=CCCCCCCCC)Cc1ccccc1. The molecule has 0 unspecified atom stereocenters. The highest BCUT2D eigenvalue weighted by molar-refractivity contribution is 5.14. The van der Waals surface area contributed by atoms with Crippen molar-refractivity contribution >= 4 is 0 Å². The summed E-state index contributed by atoms with van der Waals surface area (Å²) >= 11 is 0. The zero-order valence-corrected chi connectivity index (χ0v) is 30.1. The van der Waals surface area contributed by atoms with E-state index in [1.165, 1.54) is 198 Å². The number of rotatable bonds is 34. The van der Waals surface area contributed by atoms with Crippen molar-refractivity contribution in [2.24, 2.45) is 0 Å². The normalized spacial score (nSPS) is 12.0. The van der Waals surface area contributed by atoms with Gasteiger partial charge in [-0.3, -0.25) is 4.90 Å². The van der Waals surface area contributed by atoms with Gasteiger partial charge in [-0.25, -0.2) is 0 Å². The van der Waals surface area contributed by atoms with Gasteiger partial charge in [0.1, 0.15) is 0 Å². The van der Waals surface area contributed by atoms with Gasteiger partial charge in [0.25, 0.3) is 0 Å². The molecule has 254 valence electrons. The van der Waals surface area contributed by atoms with Crippen molar-refractivity contribution in [2.45, 2.75) is 200 Å². The molecular formula is C43H77N. The summed E-state index contributed by atoms with van der Waals surface area (Å²) in [6, 6.07) is 11.1. The van der Waals surface area contributed by atoms with Gasteiger partial charge in [0.2, 0.25) is 0 Å². The Morgan fingerprint density at radius 2 is 0.705 bits per heavy atom. The van der Waals surface area contributed by atoms with Crippen LogP contribution in [0.4, 0.5) is 0 Å². The van der Waals surface area contributed by atoms with Gasteiger partial charge in [0.15, 0.2) is 0 Å². The zero-order chi connectivity index (χ0) is 31.4. The zero-order valence-electron chi connectivity index (χ0n) is 30.1. The lowest BCUT2D eigenvalue weighted by Gasteiger charge is -2.22. The molecule has 0 fully saturated rings. The Morgan fingerprint density at radius 1 is 0.386 bits per heavy atom. The smallest absolute Gasteiger partial charge is 0.0233 e. The van der Waals surface area contributed by atoms with Crippen molar-refractivity contribution in [1.82, 2.24) is 4.90 Å². The molecule has 0 spiro atoms. The van der Waals surface area contributed by atoms with E-state index in [1.807, 2.05) is 0 Å². The molecule has 1 aromatic carbocycles. The number of nitrogens with zero attached hydrogens (tertiary/aromatic N) is 1. The largest absolute Gasteiger partial charge is 0.299 e. The Kier molecular flexibility index (Phi) is 31.9. The molecule has 0 atom stereocenters.